The fourth-order valence-corrected chi connectivity index (χ4v) is 4.17. The molecule has 1 nitrogen and oxygen atoms in total. The van der Waals surface area contributed by atoms with Crippen molar-refractivity contribution in [1.82, 2.24) is 0 Å². The van der Waals surface area contributed by atoms with Gasteiger partial charge in [0.05, 0.1) is 0 Å². The first kappa shape index (κ1) is 17.8. The van der Waals surface area contributed by atoms with E-state index in [1.165, 1.54) is 42.8 Å². The molecule has 0 bridgehead atoms. The predicted octanol–water partition coefficient (Wildman–Crippen LogP) is 5.77. The number of thioether (sulfide) groups is 2. The minimum atomic E-state index is 0.531. The van der Waals surface area contributed by atoms with Crippen molar-refractivity contribution in [2.24, 2.45) is 0 Å². The second-order valence-electron chi connectivity index (χ2n) is 5.24. The van der Waals surface area contributed by atoms with Gasteiger partial charge in [0.1, 0.15) is 5.75 Å². The van der Waals surface area contributed by atoms with Gasteiger partial charge in [-0.05, 0) is 31.3 Å². The van der Waals surface area contributed by atoms with Gasteiger partial charge in [0.15, 0.2) is 0 Å². The molecule has 20 heavy (non-hydrogen) atoms. The summed E-state index contributed by atoms with van der Waals surface area (Å²) in [6.07, 6.45) is 5.01. The first-order valence-electron chi connectivity index (χ1n) is 7.65. The van der Waals surface area contributed by atoms with Crippen LogP contribution in [0.4, 0.5) is 0 Å². The summed E-state index contributed by atoms with van der Waals surface area (Å²) in [5, 5.41) is 10.4. The molecule has 0 radical (unpaired) electrons. The van der Waals surface area contributed by atoms with Crippen molar-refractivity contribution < 1.29 is 5.11 Å². The van der Waals surface area contributed by atoms with Crippen molar-refractivity contribution in [3.05, 3.63) is 28.8 Å². The number of phenols is 1. The van der Waals surface area contributed by atoms with Crippen LogP contribution < -0.4 is 0 Å². The zero-order valence-corrected chi connectivity index (χ0v) is 14.7. The van der Waals surface area contributed by atoms with Crippen LogP contribution in [-0.4, -0.2) is 16.6 Å². The van der Waals surface area contributed by atoms with E-state index in [2.05, 4.69) is 32.9 Å². The van der Waals surface area contributed by atoms with Crippen molar-refractivity contribution in [3.63, 3.8) is 0 Å². The molecule has 3 heteroatoms. The molecular formula is C17H28OS2. The predicted molar refractivity (Wildman–Crippen MR) is 95.0 cm³/mol. The average Bonchev–Trinajstić information content (AvgIpc) is 2.44. The minimum absolute atomic E-state index is 0.531. The van der Waals surface area contributed by atoms with E-state index < -0.39 is 0 Å². The van der Waals surface area contributed by atoms with Crippen LogP contribution in [0.5, 0.6) is 5.75 Å². The molecule has 0 aliphatic heterocycles. The number of benzene rings is 1. The molecule has 0 heterocycles. The lowest BCUT2D eigenvalue weighted by molar-refractivity contribution is 0.465. The van der Waals surface area contributed by atoms with Crippen LogP contribution in [0.15, 0.2) is 12.1 Å². The van der Waals surface area contributed by atoms with Crippen molar-refractivity contribution in [3.8, 4) is 5.75 Å². The molecule has 0 amide bonds. The number of rotatable bonds is 10. The highest BCUT2D eigenvalue weighted by Crippen LogP contribution is 2.31. The fraction of sp³-hybridized carbons (Fsp3) is 0.647. The molecule has 1 aromatic carbocycles. The summed E-state index contributed by atoms with van der Waals surface area (Å²) >= 11 is 3.86. The van der Waals surface area contributed by atoms with Gasteiger partial charge < -0.3 is 5.11 Å². The van der Waals surface area contributed by atoms with E-state index in [1.54, 1.807) is 0 Å². The summed E-state index contributed by atoms with van der Waals surface area (Å²) in [5.41, 5.74) is 3.48. The average molecular weight is 313 g/mol. The third kappa shape index (κ3) is 6.45. The van der Waals surface area contributed by atoms with E-state index in [1.807, 2.05) is 23.5 Å². The van der Waals surface area contributed by atoms with Gasteiger partial charge in [-0.25, -0.2) is 0 Å². The van der Waals surface area contributed by atoms with Crippen molar-refractivity contribution >= 4 is 23.5 Å². The largest absolute Gasteiger partial charge is 0.507 e. The Kier molecular flexibility index (Phi) is 9.28. The number of aromatic hydroxyl groups is 1. The number of hydrogen-bond acceptors (Lipinski definition) is 3. The Balaban J connectivity index is 2.59. The van der Waals surface area contributed by atoms with E-state index in [4.69, 9.17) is 0 Å². The molecule has 0 saturated heterocycles. The first-order valence-corrected chi connectivity index (χ1v) is 9.96. The standard InChI is InChI=1S/C17H28OS2/c1-4-6-8-19-12-15-10-14(3)11-16(17(15)18)13-20-9-7-5-2/h10-11,18H,4-9,12-13H2,1-3H3. The lowest BCUT2D eigenvalue weighted by atomic mass is 10.1. The summed E-state index contributed by atoms with van der Waals surface area (Å²) in [6, 6.07) is 4.27. The van der Waals surface area contributed by atoms with Crippen molar-refractivity contribution in [2.75, 3.05) is 11.5 Å². The van der Waals surface area contributed by atoms with Gasteiger partial charge in [0.25, 0.3) is 0 Å². The molecule has 1 N–H and O–H groups in total. The normalized spacial score (nSPS) is 10.9. The topological polar surface area (TPSA) is 20.2 Å². The number of aryl methyl sites for hydroxylation is 1. The van der Waals surface area contributed by atoms with Crippen LogP contribution in [-0.2, 0) is 11.5 Å². The monoisotopic (exact) mass is 312 g/mol. The molecule has 0 spiro atoms. The van der Waals surface area contributed by atoms with E-state index >= 15 is 0 Å². The lowest BCUT2D eigenvalue weighted by Crippen LogP contribution is -1.92. The Bertz CT molecular complexity index is 358. The Morgan fingerprint density at radius 2 is 1.35 bits per heavy atom. The van der Waals surface area contributed by atoms with Crippen LogP contribution >= 0.6 is 23.5 Å². The first-order chi connectivity index (χ1) is 9.69. The molecular weight excluding hydrogens is 284 g/mol. The van der Waals surface area contributed by atoms with E-state index in [-0.39, 0.29) is 0 Å². The van der Waals surface area contributed by atoms with Gasteiger partial charge in [-0.3, -0.25) is 0 Å². The van der Waals surface area contributed by atoms with E-state index in [0.717, 1.165) is 22.6 Å². The zero-order chi connectivity index (χ0) is 14.8. The Labute approximate surface area is 132 Å². The van der Waals surface area contributed by atoms with Crippen molar-refractivity contribution in [1.29, 1.82) is 0 Å². The highest BCUT2D eigenvalue weighted by Gasteiger charge is 2.09. The van der Waals surface area contributed by atoms with Gasteiger partial charge in [-0.2, -0.15) is 23.5 Å². The molecule has 0 aliphatic carbocycles. The molecule has 0 atom stereocenters. The Morgan fingerprint density at radius 3 is 1.75 bits per heavy atom. The van der Waals surface area contributed by atoms with E-state index in [0.29, 0.717) is 5.75 Å². The third-order valence-corrected chi connectivity index (χ3v) is 5.40. The van der Waals surface area contributed by atoms with Gasteiger partial charge in [-0.15, -0.1) is 0 Å². The maximum Gasteiger partial charge on any atom is 0.123 e. The van der Waals surface area contributed by atoms with Gasteiger partial charge in [-0.1, -0.05) is 44.4 Å². The summed E-state index contributed by atoms with van der Waals surface area (Å²) in [7, 11) is 0. The zero-order valence-electron chi connectivity index (χ0n) is 13.1. The second-order valence-corrected chi connectivity index (χ2v) is 7.45. The molecule has 0 aliphatic rings. The molecule has 0 fully saturated rings. The second kappa shape index (κ2) is 10.4. The summed E-state index contributed by atoms with van der Waals surface area (Å²) in [5.74, 6) is 4.76. The SMILES string of the molecule is CCCCSCc1cc(C)cc(CSCCCC)c1O. The minimum Gasteiger partial charge on any atom is -0.507 e. The van der Waals surface area contributed by atoms with Crippen LogP contribution in [0, 0.1) is 6.92 Å². The quantitative estimate of drug-likeness (QED) is 0.554. The molecule has 114 valence electrons. The number of phenolic OH excluding ortho intramolecular Hbond substituents is 1. The molecule has 1 aromatic rings. The summed E-state index contributed by atoms with van der Waals surface area (Å²) in [6.45, 7) is 6.56. The maximum absolute atomic E-state index is 10.4. The Hall–Kier alpha value is -0.280. The number of unbranched alkanes of at least 4 members (excludes halogenated alkanes) is 2. The molecule has 0 aromatic heterocycles. The maximum atomic E-state index is 10.4. The smallest absolute Gasteiger partial charge is 0.123 e. The van der Waals surface area contributed by atoms with Gasteiger partial charge >= 0.3 is 0 Å². The van der Waals surface area contributed by atoms with Crippen LogP contribution in [0.1, 0.15) is 56.2 Å². The van der Waals surface area contributed by atoms with Gasteiger partial charge in [0, 0.05) is 22.6 Å². The van der Waals surface area contributed by atoms with Crippen LogP contribution in [0.2, 0.25) is 0 Å². The van der Waals surface area contributed by atoms with Crippen LogP contribution in [0.3, 0.4) is 0 Å². The lowest BCUT2D eigenvalue weighted by Gasteiger charge is -2.11. The van der Waals surface area contributed by atoms with E-state index in [9.17, 15) is 5.11 Å². The molecule has 0 saturated carbocycles. The Morgan fingerprint density at radius 1 is 0.900 bits per heavy atom. The fourth-order valence-electron chi connectivity index (χ4n) is 2.01. The molecule has 0 unspecified atom stereocenters. The highest BCUT2D eigenvalue weighted by molar-refractivity contribution is 7.98. The summed E-state index contributed by atoms with van der Waals surface area (Å²) in [4.78, 5) is 0. The van der Waals surface area contributed by atoms with Crippen LogP contribution in [0.25, 0.3) is 0 Å². The summed E-state index contributed by atoms with van der Waals surface area (Å²) < 4.78 is 0. The molecule has 1 rings (SSSR count). The highest BCUT2D eigenvalue weighted by atomic mass is 32.2. The number of hydrogen-bond donors (Lipinski definition) is 1. The van der Waals surface area contributed by atoms with Crippen molar-refractivity contribution in [2.45, 2.75) is 58.0 Å². The van der Waals surface area contributed by atoms with Gasteiger partial charge in [0.2, 0.25) is 0 Å². The third-order valence-electron chi connectivity index (χ3n) is 3.21.